The molecule has 0 aliphatic carbocycles. The molecule has 0 saturated carbocycles. The molecule has 1 saturated heterocycles. The Bertz CT molecular complexity index is 806. The van der Waals surface area contributed by atoms with Crippen LogP contribution in [0.15, 0.2) is 36.4 Å². The zero-order chi connectivity index (χ0) is 17.9. The third-order valence-electron chi connectivity index (χ3n) is 5.04. The average molecular weight is 352 g/mol. The number of piperidine rings is 1. The molecule has 1 amide bonds. The number of aromatic nitrogens is 1. The van der Waals surface area contributed by atoms with E-state index >= 15 is 0 Å². The molecule has 5 heteroatoms. The molecule has 3 heterocycles. The van der Waals surface area contributed by atoms with Crippen LogP contribution in [0.5, 0.6) is 11.5 Å². The van der Waals surface area contributed by atoms with Crippen molar-refractivity contribution in [3.63, 3.8) is 0 Å². The maximum absolute atomic E-state index is 13.0. The van der Waals surface area contributed by atoms with Gasteiger partial charge in [-0.05, 0) is 62.4 Å². The van der Waals surface area contributed by atoms with E-state index < -0.39 is 0 Å². The quantitative estimate of drug-likeness (QED) is 0.851. The van der Waals surface area contributed by atoms with Gasteiger partial charge >= 0.3 is 0 Å². The van der Waals surface area contributed by atoms with Crippen LogP contribution in [0, 0.1) is 12.8 Å². The van der Waals surface area contributed by atoms with E-state index in [0.717, 1.165) is 49.5 Å². The maximum atomic E-state index is 13.0. The molecule has 136 valence electrons. The number of benzene rings is 1. The van der Waals surface area contributed by atoms with Crippen molar-refractivity contribution in [3.05, 3.63) is 53.3 Å². The van der Waals surface area contributed by atoms with Gasteiger partial charge in [-0.1, -0.05) is 6.07 Å². The van der Waals surface area contributed by atoms with Crippen molar-refractivity contribution >= 4 is 5.91 Å². The number of nitrogens with zero attached hydrogens (tertiary/aromatic N) is 2. The zero-order valence-electron chi connectivity index (χ0n) is 15.1. The van der Waals surface area contributed by atoms with Crippen LogP contribution in [-0.2, 0) is 6.42 Å². The van der Waals surface area contributed by atoms with Gasteiger partial charge in [-0.15, -0.1) is 0 Å². The second-order valence-corrected chi connectivity index (χ2v) is 7.09. The summed E-state index contributed by atoms with van der Waals surface area (Å²) in [6, 6.07) is 11.6. The monoisotopic (exact) mass is 352 g/mol. The summed E-state index contributed by atoms with van der Waals surface area (Å²) in [5, 5.41) is 0. The number of ether oxygens (including phenoxy) is 2. The second-order valence-electron chi connectivity index (χ2n) is 7.09. The van der Waals surface area contributed by atoms with Gasteiger partial charge in [0, 0.05) is 30.0 Å². The standard InChI is InChI=1S/C21H24N2O3/c1-15-4-2-6-18(22-15)12-16-5-3-9-23(14-16)21(24)17-7-8-19-20(13-17)26-11-10-25-19/h2,4,6-8,13,16H,3,5,9-12,14H2,1H3. The van der Waals surface area contributed by atoms with Crippen LogP contribution in [0.1, 0.15) is 34.6 Å². The molecule has 1 atom stereocenters. The van der Waals surface area contributed by atoms with Crippen LogP contribution in [0.25, 0.3) is 0 Å². The van der Waals surface area contributed by atoms with E-state index in [2.05, 4.69) is 17.1 Å². The Balaban J connectivity index is 1.44. The Labute approximate surface area is 153 Å². The van der Waals surface area contributed by atoms with Gasteiger partial charge in [0.25, 0.3) is 5.91 Å². The molecular weight excluding hydrogens is 328 g/mol. The molecule has 2 aliphatic rings. The highest BCUT2D eigenvalue weighted by Crippen LogP contribution is 2.31. The van der Waals surface area contributed by atoms with Crippen molar-refractivity contribution in [2.45, 2.75) is 26.2 Å². The Morgan fingerprint density at radius 3 is 2.88 bits per heavy atom. The van der Waals surface area contributed by atoms with Gasteiger partial charge in [0.05, 0.1) is 0 Å². The van der Waals surface area contributed by atoms with Crippen LogP contribution in [0.4, 0.5) is 0 Å². The maximum Gasteiger partial charge on any atom is 0.254 e. The van der Waals surface area contributed by atoms with E-state index in [1.54, 1.807) is 0 Å². The van der Waals surface area contributed by atoms with Gasteiger partial charge in [-0.3, -0.25) is 9.78 Å². The smallest absolute Gasteiger partial charge is 0.254 e. The van der Waals surface area contributed by atoms with E-state index in [1.165, 1.54) is 0 Å². The van der Waals surface area contributed by atoms with Crippen LogP contribution < -0.4 is 9.47 Å². The van der Waals surface area contributed by atoms with E-state index in [9.17, 15) is 4.79 Å². The van der Waals surface area contributed by atoms with E-state index in [1.807, 2.05) is 36.1 Å². The number of aryl methyl sites for hydroxylation is 1. The van der Waals surface area contributed by atoms with Crippen molar-refractivity contribution in [2.75, 3.05) is 26.3 Å². The molecule has 1 aromatic carbocycles. The van der Waals surface area contributed by atoms with Gasteiger partial charge in [0.15, 0.2) is 11.5 Å². The molecule has 0 spiro atoms. The number of fused-ring (bicyclic) bond motifs is 1. The largest absolute Gasteiger partial charge is 0.486 e. The first-order valence-electron chi connectivity index (χ1n) is 9.30. The SMILES string of the molecule is Cc1cccc(CC2CCCN(C(=O)c3ccc4c(c3)OCCO4)C2)n1. The highest BCUT2D eigenvalue weighted by atomic mass is 16.6. The summed E-state index contributed by atoms with van der Waals surface area (Å²) in [4.78, 5) is 19.5. The topological polar surface area (TPSA) is 51.7 Å². The van der Waals surface area contributed by atoms with E-state index in [-0.39, 0.29) is 5.91 Å². The summed E-state index contributed by atoms with van der Waals surface area (Å²) in [7, 11) is 0. The molecule has 5 nitrogen and oxygen atoms in total. The molecule has 4 rings (SSSR count). The first-order chi connectivity index (χ1) is 12.7. The number of carbonyl (C=O) groups excluding carboxylic acids is 1. The third kappa shape index (κ3) is 3.66. The van der Waals surface area contributed by atoms with Crippen molar-refractivity contribution < 1.29 is 14.3 Å². The highest BCUT2D eigenvalue weighted by molar-refractivity contribution is 5.95. The first kappa shape index (κ1) is 16.9. The summed E-state index contributed by atoms with van der Waals surface area (Å²) in [6.45, 7) is 4.69. The van der Waals surface area contributed by atoms with Gasteiger partial charge in [-0.2, -0.15) is 0 Å². The van der Waals surface area contributed by atoms with E-state index in [4.69, 9.17) is 9.47 Å². The minimum absolute atomic E-state index is 0.0730. The summed E-state index contributed by atoms with van der Waals surface area (Å²) < 4.78 is 11.1. The predicted octanol–water partition coefficient (Wildman–Crippen LogP) is 3.26. The lowest BCUT2D eigenvalue weighted by atomic mass is 9.92. The predicted molar refractivity (Wildman–Crippen MR) is 98.7 cm³/mol. The molecule has 26 heavy (non-hydrogen) atoms. The molecule has 2 aromatic rings. The third-order valence-corrected chi connectivity index (χ3v) is 5.04. The van der Waals surface area contributed by atoms with Crippen molar-refractivity contribution in [2.24, 2.45) is 5.92 Å². The zero-order valence-corrected chi connectivity index (χ0v) is 15.1. The van der Waals surface area contributed by atoms with Gasteiger partial charge in [-0.25, -0.2) is 0 Å². The summed E-state index contributed by atoms with van der Waals surface area (Å²) >= 11 is 0. The molecular formula is C21H24N2O3. The minimum atomic E-state index is 0.0730. The summed E-state index contributed by atoms with van der Waals surface area (Å²) in [5.74, 6) is 1.91. The molecule has 1 unspecified atom stereocenters. The summed E-state index contributed by atoms with van der Waals surface area (Å²) in [5.41, 5.74) is 2.83. The Kier molecular flexibility index (Phi) is 4.78. The number of carbonyl (C=O) groups is 1. The molecule has 1 fully saturated rings. The molecule has 0 radical (unpaired) electrons. The molecule has 1 aromatic heterocycles. The van der Waals surface area contributed by atoms with Crippen LogP contribution in [0.2, 0.25) is 0 Å². The van der Waals surface area contributed by atoms with Crippen LogP contribution in [-0.4, -0.2) is 42.1 Å². The number of hydrogen-bond donors (Lipinski definition) is 0. The van der Waals surface area contributed by atoms with Gasteiger partial charge < -0.3 is 14.4 Å². The van der Waals surface area contributed by atoms with Crippen LogP contribution >= 0.6 is 0 Å². The number of pyridine rings is 1. The average Bonchev–Trinajstić information content (AvgIpc) is 2.67. The van der Waals surface area contributed by atoms with Crippen LogP contribution in [0.3, 0.4) is 0 Å². The van der Waals surface area contributed by atoms with Crippen molar-refractivity contribution in [3.8, 4) is 11.5 Å². The fraction of sp³-hybridized carbons (Fsp3) is 0.429. The second kappa shape index (κ2) is 7.36. The molecule has 0 bridgehead atoms. The van der Waals surface area contributed by atoms with Gasteiger partial charge in [0.1, 0.15) is 13.2 Å². The Morgan fingerprint density at radius 1 is 1.19 bits per heavy atom. The Morgan fingerprint density at radius 2 is 2.04 bits per heavy atom. The minimum Gasteiger partial charge on any atom is -0.486 e. The highest BCUT2D eigenvalue weighted by Gasteiger charge is 2.26. The first-order valence-corrected chi connectivity index (χ1v) is 9.30. The van der Waals surface area contributed by atoms with Gasteiger partial charge in [0.2, 0.25) is 0 Å². The Hall–Kier alpha value is -2.56. The fourth-order valence-corrected chi connectivity index (χ4v) is 3.78. The number of amides is 1. The number of hydrogen-bond acceptors (Lipinski definition) is 4. The fourth-order valence-electron chi connectivity index (χ4n) is 3.78. The molecule has 0 N–H and O–H groups in total. The van der Waals surface area contributed by atoms with E-state index in [0.29, 0.717) is 30.4 Å². The molecule has 2 aliphatic heterocycles. The lowest BCUT2D eigenvalue weighted by Crippen LogP contribution is -2.40. The summed E-state index contributed by atoms with van der Waals surface area (Å²) in [6.07, 6.45) is 3.10. The number of likely N-dealkylation sites (tertiary alicyclic amines) is 1. The lowest BCUT2D eigenvalue weighted by molar-refractivity contribution is 0.0671. The van der Waals surface area contributed by atoms with Crippen molar-refractivity contribution in [1.29, 1.82) is 0 Å². The normalized spacial score (nSPS) is 19.3. The lowest BCUT2D eigenvalue weighted by Gasteiger charge is -2.33. The van der Waals surface area contributed by atoms with Crippen molar-refractivity contribution in [1.82, 2.24) is 9.88 Å². The number of rotatable bonds is 3.